The van der Waals surface area contributed by atoms with Crippen LogP contribution in [0.3, 0.4) is 0 Å². The largest absolute Gasteiger partial charge is 1.00 e. The van der Waals surface area contributed by atoms with Gasteiger partial charge in [0.05, 0.1) is 12.7 Å². The Balaban J connectivity index is 0.000000543. The summed E-state index contributed by atoms with van der Waals surface area (Å²) >= 11 is 0. The van der Waals surface area contributed by atoms with Crippen LogP contribution >= 0.6 is 0 Å². The molecule has 4 rings (SSSR count). The summed E-state index contributed by atoms with van der Waals surface area (Å²) in [5.74, 6) is -9.44. The Bertz CT molecular complexity index is 1430. The number of nitrogens with zero attached hydrogens (tertiary/aromatic N) is 4. The average molecular weight is 598 g/mol. The second kappa shape index (κ2) is 18.0. The fraction of sp³-hybridized carbons (Fsp3) is 0.130. The number of carboxylic acids is 1. The first-order chi connectivity index (χ1) is 19.7. The number of methoxy groups -OCH3 is 1. The minimum Gasteiger partial charge on any atom is -0.475 e. The number of halogens is 2. The van der Waals surface area contributed by atoms with Crippen molar-refractivity contribution in [3.8, 4) is 0 Å². The van der Waals surface area contributed by atoms with Crippen LogP contribution in [0.1, 0.15) is 44.6 Å². The standard InChI is InChI=1S/C6H6F2N2O.C6H7N3O.C6H6N2O3.C5H4N2O3.Li/c1-6(7,8)4(11)5-9-2-3-10-5;1-4(5(7)10)6-8-2-3-9-6;1-11-6(10)4(9)5-7-2-3-8-5;8-3(5(9)10)4-6-1-2-7-4;/h2-3H,1H3,(H,9,10);2-3H,1H2,(H2,7,10)(H,8,9);2-3H,1H3,(H,7,8);1-2H,(H,6,7)(H,9,10);/q;;;;+1. The number of nitrogens with one attached hydrogen (secondary N) is 4. The van der Waals surface area contributed by atoms with Crippen LogP contribution in [0.2, 0.25) is 0 Å². The molecule has 0 spiro atoms. The van der Waals surface area contributed by atoms with E-state index < -0.39 is 41.1 Å². The molecule has 4 heterocycles. The molecule has 0 aliphatic heterocycles. The SMILES string of the molecule is C=C(C(N)=O)c1ncc[nH]1.CC(F)(F)C(=O)c1ncc[nH]1.COC(=O)C(=O)c1ncc[nH]1.O=C(O)C(=O)c1ncc[nH]1.[Li+]. The van der Waals surface area contributed by atoms with Gasteiger partial charge in [0, 0.05) is 56.5 Å². The van der Waals surface area contributed by atoms with Crippen LogP contribution in [0.5, 0.6) is 0 Å². The summed E-state index contributed by atoms with van der Waals surface area (Å²) in [6, 6.07) is 0. The predicted octanol–water partition coefficient (Wildman–Crippen LogP) is -2.40. The van der Waals surface area contributed by atoms with Crippen molar-refractivity contribution in [1.82, 2.24) is 39.9 Å². The number of aromatic nitrogens is 8. The molecule has 0 saturated heterocycles. The van der Waals surface area contributed by atoms with Crippen molar-refractivity contribution in [2.45, 2.75) is 12.8 Å². The minimum atomic E-state index is -3.35. The molecule has 1 amide bonds. The van der Waals surface area contributed by atoms with Crippen LogP contribution in [0, 0.1) is 0 Å². The zero-order chi connectivity index (χ0) is 31.9. The van der Waals surface area contributed by atoms with E-state index in [1.54, 1.807) is 6.20 Å². The molecule has 4 aromatic rings. The third kappa shape index (κ3) is 12.7. The molecule has 4 aromatic heterocycles. The van der Waals surface area contributed by atoms with Gasteiger partial charge >= 0.3 is 48.3 Å². The third-order valence-corrected chi connectivity index (χ3v) is 4.19. The van der Waals surface area contributed by atoms with E-state index in [4.69, 9.17) is 10.8 Å². The number of rotatable bonds is 8. The first kappa shape index (κ1) is 37.5. The number of imidazole rings is 4. The van der Waals surface area contributed by atoms with Gasteiger partial charge in [0.2, 0.25) is 0 Å². The van der Waals surface area contributed by atoms with E-state index in [-0.39, 0.29) is 41.9 Å². The van der Waals surface area contributed by atoms with Crippen LogP contribution in [-0.2, 0) is 19.1 Å². The molecule has 0 atom stereocenters. The van der Waals surface area contributed by atoms with Crippen molar-refractivity contribution < 1.29 is 66.3 Å². The van der Waals surface area contributed by atoms with Crippen LogP contribution < -0.4 is 24.6 Å². The van der Waals surface area contributed by atoms with E-state index in [1.165, 1.54) is 43.4 Å². The number of amides is 1. The maximum Gasteiger partial charge on any atom is 1.00 e. The maximum atomic E-state index is 12.3. The maximum absolute atomic E-state index is 12.3. The number of esters is 1. The fourth-order valence-corrected chi connectivity index (χ4v) is 2.21. The number of ether oxygens (including phenoxy) is 1. The van der Waals surface area contributed by atoms with Crippen LogP contribution in [0.25, 0.3) is 5.57 Å². The van der Waals surface area contributed by atoms with Crippen molar-refractivity contribution in [2.75, 3.05) is 7.11 Å². The van der Waals surface area contributed by atoms with Gasteiger partial charge in [-0.05, 0) is 0 Å². The molecule has 20 heteroatoms. The first-order valence-electron chi connectivity index (χ1n) is 11.0. The number of aromatic amines is 4. The quantitative estimate of drug-likeness (QED) is 0.0407. The third-order valence-electron chi connectivity index (χ3n) is 4.19. The second-order valence-electron chi connectivity index (χ2n) is 7.27. The predicted molar refractivity (Wildman–Crippen MR) is 136 cm³/mol. The number of Topliss-reactive ketones (excluding diaryl/α,β-unsaturated/α-hetero) is 3. The van der Waals surface area contributed by atoms with E-state index in [1.807, 2.05) is 0 Å². The Morgan fingerprint density at radius 3 is 1.47 bits per heavy atom. The van der Waals surface area contributed by atoms with Gasteiger partial charge in [-0.15, -0.1) is 0 Å². The van der Waals surface area contributed by atoms with Crippen molar-refractivity contribution in [3.63, 3.8) is 0 Å². The zero-order valence-corrected chi connectivity index (χ0v) is 22.8. The Morgan fingerprint density at radius 2 is 1.16 bits per heavy atom. The van der Waals surface area contributed by atoms with Crippen molar-refractivity contribution in [1.29, 1.82) is 0 Å². The van der Waals surface area contributed by atoms with Gasteiger partial charge in [-0.2, -0.15) is 8.78 Å². The van der Waals surface area contributed by atoms with Gasteiger partial charge in [-0.1, -0.05) is 6.58 Å². The molecule has 0 saturated carbocycles. The van der Waals surface area contributed by atoms with Gasteiger partial charge < -0.3 is 35.5 Å². The average Bonchev–Trinajstić information content (AvgIpc) is 3.79. The van der Waals surface area contributed by atoms with Gasteiger partial charge in [0.1, 0.15) is 5.82 Å². The number of carbonyl (C=O) groups is 6. The van der Waals surface area contributed by atoms with Gasteiger partial charge in [-0.3, -0.25) is 19.2 Å². The Kier molecular flexibility index (Phi) is 15.7. The molecule has 0 fully saturated rings. The summed E-state index contributed by atoms with van der Waals surface area (Å²) in [5.41, 5.74) is 5.13. The molecule has 0 aliphatic rings. The van der Waals surface area contributed by atoms with Crippen LogP contribution in [0.4, 0.5) is 8.78 Å². The Labute approximate surface area is 252 Å². The number of carboxylic acid groups (broad SMARTS) is 1. The molecular formula is C23H23F2LiN9O8+. The number of primary amides is 1. The van der Waals surface area contributed by atoms with Crippen LogP contribution in [-0.4, -0.2) is 93.2 Å². The van der Waals surface area contributed by atoms with Crippen molar-refractivity contribution >= 4 is 40.8 Å². The first-order valence-corrected chi connectivity index (χ1v) is 11.0. The molecule has 0 unspecified atom stereocenters. The monoisotopic (exact) mass is 598 g/mol. The van der Waals surface area contributed by atoms with Crippen LogP contribution in [0.15, 0.2) is 56.2 Å². The van der Waals surface area contributed by atoms with E-state index in [2.05, 4.69) is 51.2 Å². The number of hydrogen-bond acceptors (Lipinski definition) is 11. The molecule has 0 bridgehead atoms. The van der Waals surface area contributed by atoms with Gasteiger partial charge in [0.25, 0.3) is 11.7 Å². The van der Waals surface area contributed by atoms with E-state index in [0.29, 0.717) is 12.7 Å². The number of carbonyl (C=O) groups excluding carboxylic acids is 5. The summed E-state index contributed by atoms with van der Waals surface area (Å²) in [6.45, 7) is 3.97. The Morgan fingerprint density at radius 1 is 0.791 bits per heavy atom. The number of hydrogen-bond donors (Lipinski definition) is 6. The van der Waals surface area contributed by atoms with Gasteiger partial charge in [-0.25, -0.2) is 29.5 Å². The number of aliphatic carboxylic acids is 1. The smallest absolute Gasteiger partial charge is 0.475 e. The van der Waals surface area contributed by atoms with E-state index in [9.17, 15) is 37.5 Å². The van der Waals surface area contributed by atoms with Crippen molar-refractivity contribution in [2.24, 2.45) is 5.73 Å². The summed E-state index contributed by atoms with van der Waals surface area (Å²) in [4.78, 5) is 87.2. The number of alkyl halides is 2. The molecule has 222 valence electrons. The fourth-order valence-electron chi connectivity index (χ4n) is 2.21. The van der Waals surface area contributed by atoms with Gasteiger partial charge in [0.15, 0.2) is 17.5 Å². The van der Waals surface area contributed by atoms with E-state index >= 15 is 0 Å². The molecular weight excluding hydrogens is 575 g/mol. The summed E-state index contributed by atoms with van der Waals surface area (Å²) in [5, 5.41) is 8.14. The molecule has 43 heavy (non-hydrogen) atoms. The topological polar surface area (TPSA) is 273 Å². The Hall–Kier alpha value is -5.54. The molecule has 0 aromatic carbocycles. The number of ketones is 3. The minimum absolute atomic E-state index is 0. The summed E-state index contributed by atoms with van der Waals surface area (Å²) in [6.07, 6.45) is 11.2. The van der Waals surface area contributed by atoms with Crippen molar-refractivity contribution in [3.05, 3.63) is 79.5 Å². The molecule has 0 aliphatic carbocycles. The van der Waals surface area contributed by atoms with E-state index in [0.717, 1.165) is 7.11 Å². The molecule has 7 N–H and O–H groups in total. The molecule has 0 radical (unpaired) electrons. The second-order valence-corrected chi connectivity index (χ2v) is 7.27. The normalized spacial score (nSPS) is 9.58. The zero-order valence-electron chi connectivity index (χ0n) is 22.8. The number of nitrogens with two attached hydrogens (primary N) is 1. The summed E-state index contributed by atoms with van der Waals surface area (Å²) in [7, 11) is 1.14. The molecule has 17 nitrogen and oxygen atoms in total. The summed E-state index contributed by atoms with van der Waals surface area (Å²) < 4.78 is 28.7. The number of H-pyrrole nitrogens is 4.